The van der Waals surface area contributed by atoms with Gasteiger partial charge in [-0.3, -0.25) is 14.5 Å². The van der Waals surface area contributed by atoms with Crippen LogP contribution in [0.2, 0.25) is 0 Å². The number of benzene rings is 1. The number of likely N-dealkylation sites (tertiary alicyclic amines) is 1. The number of pyridine rings is 1. The fourth-order valence-electron chi connectivity index (χ4n) is 4.05. The van der Waals surface area contributed by atoms with Crippen LogP contribution in [0.15, 0.2) is 61.1 Å². The standard InChI is InChI=1S/C23H25N5O4/c1-15(21(29)25-12-16-7-8-20-24-9-10-27(20)13-16)26-22(30)19-11-18(14-28(19)23(31)32)17-5-3-2-4-6-17/h2-10,13,15,18-19H,11-12,14H2,1H3,(H,25,29)(H,26,30)(H,31,32)/t15?,18?,19-/m1/s1. The Labute approximate surface area is 185 Å². The van der Waals surface area contributed by atoms with Crippen LogP contribution in [0.5, 0.6) is 0 Å². The molecule has 166 valence electrons. The van der Waals surface area contributed by atoms with Gasteiger partial charge < -0.3 is 20.1 Å². The van der Waals surface area contributed by atoms with Gasteiger partial charge in [0.25, 0.3) is 0 Å². The van der Waals surface area contributed by atoms with Crippen LogP contribution in [-0.2, 0) is 16.1 Å². The number of amides is 3. The van der Waals surface area contributed by atoms with Crippen LogP contribution in [0, 0.1) is 0 Å². The van der Waals surface area contributed by atoms with E-state index in [1.54, 1.807) is 13.1 Å². The van der Waals surface area contributed by atoms with Gasteiger partial charge in [0.1, 0.15) is 17.7 Å². The van der Waals surface area contributed by atoms with Gasteiger partial charge >= 0.3 is 6.09 Å². The Morgan fingerprint density at radius 2 is 1.97 bits per heavy atom. The van der Waals surface area contributed by atoms with E-state index in [2.05, 4.69) is 15.6 Å². The first kappa shape index (κ1) is 21.4. The number of rotatable bonds is 6. The largest absolute Gasteiger partial charge is 0.465 e. The third-order valence-electron chi connectivity index (χ3n) is 5.79. The first-order valence-electron chi connectivity index (χ1n) is 10.5. The van der Waals surface area contributed by atoms with Crippen molar-refractivity contribution in [3.63, 3.8) is 0 Å². The summed E-state index contributed by atoms with van der Waals surface area (Å²) in [5.74, 6) is -0.873. The molecule has 32 heavy (non-hydrogen) atoms. The van der Waals surface area contributed by atoms with Crippen LogP contribution in [0.3, 0.4) is 0 Å². The van der Waals surface area contributed by atoms with Crippen molar-refractivity contribution in [1.29, 1.82) is 0 Å². The van der Waals surface area contributed by atoms with Gasteiger partial charge in [0.05, 0.1) is 0 Å². The third-order valence-corrected chi connectivity index (χ3v) is 5.79. The van der Waals surface area contributed by atoms with Crippen LogP contribution in [0.1, 0.15) is 30.4 Å². The summed E-state index contributed by atoms with van der Waals surface area (Å²) in [7, 11) is 0. The van der Waals surface area contributed by atoms with Gasteiger partial charge in [0, 0.05) is 37.6 Å². The number of hydrogen-bond donors (Lipinski definition) is 3. The normalized spacial score (nSPS) is 19.0. The van der Waals surface area contributed by atoms with Crippen molar-refractivity contribution in [2.45, 2.75) is 37.9 Å². The summed E-state index contributed by atoms with van der Waals surface area (Å²) in [5, 5.41) is 15.0. The summed E-state index contributed by atoms with van der Waals surface area (Å²) in [6.07, 6.45) is 4.62. The van der Waals surface area contributed by atoms with Crippen LogP contribution in [0.25, 0.3) is 5.65 Å². The molecule has 0 aliphatic carbocycles. The SMILES string of the molecule is CC(NC(=O)[C@H]1CC(c2ccccc2)CN1C(=O)O)C(=O)NCc1ccc2nccn2c1. The van der Waals surface area contributed by atoms with Crippen molar-refractivity contribution in [1.82, 2.24) is 24.9 Å². The molecule has 3 heterocycles. The van der Waals surface area contributed by atoms with Crippen LogP contribution < -0.4 is 10.6 Å². The zero-order valence-electron chi connectivity index (χ0n) is 17.6. The molecule has 1 aliphatic rings. The van der Waals surface area contributed by atoms with E-state index in [4.69, 9.17) is 0 Å². The molecule has 2 unspecified atom stereocenters. The highest BCUT2D eigenvalue weighted by molar-refractivity contribution is 5.91. The van der Waals surface area contributed by atoms with Crippen molar-refractivity contribution >= 4 is 23.6 Å². The molecule has 4 rings (SSSR count). The molecule has 1 aromatic carbocycles. The van der Waals surface area contributed by atoms with Gasteiger partial charge in [-0.1, -0.05) is 36.4 Å². The van der Waals surface area contributed by atoms with Gasteiger partial charge in [0.15, 0.2) is 0 Å². The number of carbonyl (C=O) groups is 3. The molecular weight excluding hydrogens is 410 g/mol. The van der Waals surface area contributed by atoms with Gasteiger partial charge in [-0.2, -0.15) is 0 Å². The lowest BCUT2D eigenvalue weighted by Gasteiger charge is -2.22. The molecule has 9 nitrogen and oxygen atoms in total. The second kappa shape index (κ2) is 9.09. The minimum absolute atomic E-state index is 0.0646. The molecule has 0 radical (unpaired) electrons. The van der Waals surface area contributed by atoms with Crippen molar-refractivity contribution < 1.29 is 19.5 Å². The number of imidazole rings is 1. The van der Waals surface area contributed by atoms with E-state index in [0.29, 0.717) is 13.0 Å². The van der Waals surface area contributed by atoms with E-state index < -0.39 is 24.1 Å². The monoisotopic (exact) mass is 435 g/mol. The zero-order chi connectivity index (χ0) is 22.7. The Kier molecular flexibility index (Phi) is 6.07. The van der Waals surface area contributed by atoms with E-state index >= 15 is 0 Å². The first-order chi connectivity index (χ1) is 15.4. The van der Waals surface area contributed by atoms with Crippen LogP contribution in [-0.4, -0.2) is 55.9 Å². The molecule has 3 aromatic rings. The molecule has 3 atom stereocenters. The van der Waals surface area contributed by atoms with Gasteiger partial charge in [-0.15, -0.1) is 0 Å². The summed E-state index contributed by atoms with van der Waals surface area (Å²) < 4.78 is 1.86. The predicted octanol–water partition coefficient (Wildman–Crippen LogP) is 1.99. The van der Waals surface area contributed by atoms with Crippen molar-refractivity contribution in [2.75, 3.05) is 6.54 Å². The molecule has 1 fully saturated rings. The average molecular weight is 435 g/mol. The minimum Gasteiger partial charge on any atom is -0.465 e. The van der Waals surface area contributed by atoms with E-state index in [1.165, 1.54) is 0 Å². The minimum atomic E-state index is -1.14. The number of fused-ring (bicyclic) bond motifs is 1. The molecule has 2 aromatic heterocycles. The number of nitrogens with one attached hydrogen (secondary N) is 2. The molecular formula is C23H25N5O4. The molecule has 9 heteroatoms. The van der Waals surface area contributed by atoms with E-state index in [9.17, 15) is 19.5 Å². The quantitative estimate of drug-likeness (QED) is 0.548. The fraction of sp³-hybridized carbons (Fsp3) is 0.304. The molecule has 3 N–H and O–H groups in total. The number of carboxylic acid groups (broad SMARTS) is 1. The number of aromatic nitrogens is 2. The van der Waals surface area contributed by atoms with Crippen molar-refractivity contribution in [2.24, 2.45) is 0 Å². The summed E-state index contributed by atoms with van der Waals surface area (Å²) in [5.41, 5.74) is 2.70. The topological polar surface area (TPSA) is 116 Å². The van der Waals surface area contributed by atoms with E-state index in [1.807, 2.05) is 59.3 Å². The van der Waals surface area contributed by atoms with Crippen molar-refractivity contribution in [3.8, 4) is 0 Å². The molecule has 0 saturated carbocycles. The maximum absolute atomic E-state index is 12.8. The molecule has 1 aliphatic heterocycles. The second-order valence-corrected chi connectivity index (χ2v) is 7.97. The highest BCUT2D eigenvalue weighted by Gasteiger charge is 2.40. The Morgan fingerprint density at radius 3 is 2.72 bits per heavy atom. The van der Waals surface area contributed by atoms with E-state index in [-0.39, 0.29) is 18.4 Å². The number of carbonyl (C=O) groups excluding carboxylic acids is 2. The summed E-state index contributed by atoms with van der Waals surface area (Å²) in [4.78, 5) is 42.4. The fourth-order valence-corrected chi connectivity index (χ4v) is 4.05. The van der Waals surface area contributed by atoms with Gasteiger partial charge in [-0.05, 0) is 30.5 Å². The maximum atomic E-state index is 12.8. The van der Waals surface area contributed by atoms with Crippen molar-refractivity contribution in [3.05, 3.63) is 72.2 Å². The van der Waals surface area contributed by atoms with Gasteiger partial charge in [0.2, 0.25) is 11.8 Å². The Hall–Kier alpha value is -3.88. The summed E-state index contributed by atoms with van der Waals surface area (Å²) >= 11 is 0. The molecule has 3 amide bonds. The highest BCUT2D eigenvalue weighted by Crippen LogP contribution is 2.31. The Morgan fingerprint density at radius 1 is 1.19 bits per heavy atom. The van der Waals surface area contributed by atoms with E-state index in [0.717, 1.165) is 21.7 Å². The Bertz CT molecular complexity index is 1130. The summed E-state index contributed by atoms with van der Waals surface area (Å²) in [6.45, 7) is 2.13. The lowest BCUT2D eigenvalue weighted by atomic mass is 9.96. The van der Waals surface area contributed by atoms with Gasteiger partial charge in [-0.25, -0.2) is 9.78 Å². The lowest BCUT2D eigenvalue weighted by Crippen LogP contribution is -2.51. The average Bonchev–Trinajstić information content (AvgIpc) is 3.45. The summed E-state index contributed by atoms with van der Waals surface area (Å²) in [6, 6.07) is 11.6. The smallest absolute Gasteiger partial charge is 0.408 e. The number of hydrogen-bond acceptors (Lipinski definition) is 4. The first-order valence-corrected chi connectivity index (χ1v) is 10.5. The Balaban J connectivity index is 1.35. The zero-order valence-corrected chi connectivity index (χ0v) is 17.6. The molecule has 0 spiro atoms. The second-order valence-electron chi connectivity index (χ2n) is 7.97. The predicted molar refractivity (Wildman–Crippen MR) is 117 cm³/mol. The molecule has 0 bridgehead atoms. The highest BCUT2D eigenvalue weighted by atomic mass is 16.4. The molecule has 1 saturated heterocycles. The van der Waals surface area contributed by atoms with Crippen LogP contribution >= 0.6 is 0 Å². The third kappa shape index (κ3) is 4.56. The maximum Gasteiger partial charge on any atom is 0.408 e. The number of nitrogens with zero attached hydrogens (tertiary/aromatic N) is 3. The lowest BCUT2D eigenvalue weighted by molar-refractivity contribution is -0.130. The van der Waals surface area contributed by atoms with Crippen LogP contribution in [0.4, 0.5) is 4.79 Å².